The Balaban J connectivity index is 1.97. The number of rotatable bonds is 6. The molecular formula is C16H24INO. The zero-order valence-corrected chi connectivity index (χ0v) is 13.9. The van der Waals surface area contributed by atoms with E-state index in [2.05, 4.69) is 59.1 Å². The smallest absolute Gasteiger partial charge is 0.0469 e. The molecule has 0 saturated carbocycles. The van der Waals surface area contributed by atoms with E-state index in [1.807, 2.05) is 0 Å². The Kier molecular flexibility index (Phi) is 6.61. The highest BCUT2D eigenvalue weighted by molar-refractivity contribution is 14.1. The first-order valence-electron chi connectivity index (χ1n) is 7.35. The molecule has 106 valence electrons. The molecule has 0 aromatic heterocycles. The van der Waals surface area contributed by atoms with Crippen molar-refractivity contribution in [1.82, 2.24) is 5.32 Å². The molecule has 1 fully saturated rings. The average Bonchev–Trinajstić information content (AvgIpc) is 2.46. The molecule has 0 spiro atoms. The molecule has 19 heavy (non-hydrogen) atoms. The van der Waals surface area contributed by atoms with Crippen LogP contribution in [0.2, 0.25) is 0 Å². The zero-order chi connectivity index (χ0) is 13.5. The number of ether oxygens (including phenoxy) is 1. The number of hydrogen-bond acceptors (Lipinski definition) is 2. The van der Waals surface area contributed by atoms with E-state index in [0.717, 1.165) is 32.1 Å². The number of halogens is 1. The largest absolute Gasteiger partial charge is 0.381 e. The summed E-state index contributed by atoms with van der Waals surface area (Å²) < 4.78 is 6.80. The third-order valence-electron chi connectivity index (χ3n) is 3.86. The van der Waals surface area contributed by atoms with Gasteiger partial charge in [-0.25, -0.2) is 0 Å². The maximum absolute atomic E-state index is 5.49. The summed E-state index contributed by atoms with van der Waals surface area (Å²) in [6.07, 6.45) is 4.74. The molecule has 0 aliphatic carbocycles. The summed E-state index contributed by atoms with van der Waals surface area (Å²) in [4.78, 5) is 0. The standard InChI is InChI=1S/C16H24INO/c1-2-9-18-16(14-7-10-19-11-8-14)12-13-3-5-15(17)6-4-13/h3-6,14,16,18H,2,7-12H2,1H3. The van der Waals surface area contributed by atoms with Crippen LogP contribution in [0.5, 0.6) is 0 Å². The molecular weight excluding hydrogens is 349 g/mol. The van der Waals surface area contributed by atoms with Gasteiger partial charge in [0.15, 0.2) is 0 Å². The van der Waals surface area contributed by atoms with Gasteiger partial charge in [-0.2, -0.15) is 0 Å². The second-order valence-corrected chi connectivity index (χ2v) is 6.59. The fraction of sp³-hybridized carbons (Fsp3) is 0.625. The van der Waals surface area contributed by atoms with E-state index in [0.29, 0.717) is 6.04 Å². The minimum Gasteiger partial charge on any atom is -0.381 e. The van der Waals surface area contributed by atoms with Crippen LogP contribution in [0.25, 0.3) is 0 Å². The summed E-state index contributed by atoms with van der Waals surface area (Å²) in [6.45, 7) is 5.22. The molecule has 0 radical (unpaired) electrons. The maximum atomic E-state index is 5.49. The van der Waals surface area contributed by atoms with Gasteiger partial charge in [-0.15, -0.1) is 0 Å². The van der Waals surface area contributed by atoms with Crippen molar-refractivity contribution < 1.29 is 4.74 Å². The number of nitrogens with one attached hydrogen (secondary N) is 1. The van der Waals surface area contributed by atoms with Crippen molar-refractivity contribution in [2.24, 2.45) is 5.92 Å². The molecule has 3 heteroatoms. The summed E-state index contributed by atoms with van der Waals surface area (Å²) in [7, 11) is 0. The van der Waals surface area contributed by atoms with Crippen LogP contribution in [0.1, 0.15) is 31.7 Å². The van der Waals surface area contributed by atoms with Gasteiger partial charge < -0.3 is 10.1 Å². The lowest BCUT2D eigenvalue weighted by atomic mass is 9.87. The van der Waals surface area contributed by atoms with Gasteiger partial charge in [-0.1, -0.05) is 19.1 Å². The van der Waals surface area contributed by atoms with E-state index >= 15 is 0 Å². The van der Waals surface area contributed by atoms with E-state index in [-0.39, 0.29) is 0 Å². The highest BCUT2D eigenvalue weighted by Gasteiger charge is 2.23. The molecule has 1 N–H and O–H groups in total. The van der Waals surface area contributed by atoms with Gasteiger partial charge in [0.2, 0.25) is 0 Å². The van der Waals surface area contributed by atoms with Crippen molar-refractivity contribution in [2.45, 2.75) is 38.6 Å². The molecule has 1 aliphatic rings. The molecule has 1 heterocycles. The maximum Gasteiger partial charge on any atom is 0.0469 e. The van der Waals surface area contributed by atoms with Gasteiger partial charge in [0.05, 0.1) is 0 Å². The average molecular weight is 373 g/mol. The van der Waals surface area contributed by atoms with Crippen molar-refractivity contribution in [3.05, 3.63) is 33.4 Å². The Morgan fingerprint density at radius 2 is 1.95 bits per heavy atom. The highest BCUT2D eigenvalue weighted by atomic mass is 127. The van der Waals surface area contributed by atoms with Gasteiger partial charge in [0, 0.05) is 22.8 Å². The van der Waals surface area contributed by atoms with Gasteiger partial charge in [-0.3, -0.25) is 0 Å². The fourth-order valence-corrected chi connectivity index (χ4v) is 3.09. The Bertz CT molecular complexity index is 360. The molecule has 0 bridgehead atoms. The Hall–Kier alpha value is -0.130. The van der Waals surface area contributed by atoms with Gasteiger partial charge in [0.1, 0.15) is 0 Å². The minimum atomic E-state index is 0.601. The van der Waals surface area contributed by atoms with Crippen molar-refractivity contribution in [2.75, 3.05) is 19.8 Å². The van der Waals surface area contributed by atoms with Crippen molar-refractivity contribution in [1.29, 1.82) is 0 Å². The normalized spacial score (nSPS) is 18.4. The summed E-state index contributed by atoms with van der Waals surface area (Å²) in [5.41, 5.74) is 1.44. The lowest BCUT2D eigenvalue weighted by Crippen LogP contribution is -2.41. The molecule has 0 amide bonds. The monoisotopic (exact) mass is 373 g/mol. The lowest BCUT2D eigenvalue weighted by molar-refractivity contribution is 0.0538. The summed E-state index contributed by atoms with van der Waals surface area (Å²) in [5, 5.41) is 3.74. The van der Waals surface area contributed by atoms with Crippen LogP contribution in [-0.2, 0) is 11.2 Å². The first-order valence-corrected chi connectivity index (χ1v) is 8.43. The summed E-state index contributed by atoms with van der Waals surface area (Å²) in [5.74, 6) is 0.763. The van der Waals surface area contributed by atoms with Crippen LogP contribution in [0, 0.1) is 9.49 Å². The fourth-order valence-electron chi connectivity index (χ4n) is 2.73. The van der Waals surface area contributed by atoms with E-state index in [4.69, 9.17) is 4.74 Å². The molecule has 1 aromatic rings. The predicted molar refractivity (Wildman–Crippen MR) is 88.5 cm³/mol. The highest BCUT2D eigenvalue weighted by Crippen LogP contribution is 2.22. The van der Waals surface area contributed by atoms with Crippen LogP contribution in [-0.4, -0.2) is 25.8 Å². The summed E-state index contributed by atoms with van der Waals surface area (Å²) in [6, 6.07) is 9.54. The second kappa shape index (κ2) is 8.22. The first kappa shape index (κ1) is 15.3. The van der Waals surface area contributed by atoms with Crippen molar-refractivity contribution in [3.8, 4) is 0 Å². The topological polar surface area (TPSA) is 21.3 Å². The van der Waals surface area contributed by atoms with E-state index in [1.165, 1.54) is 28.4 Å². The molecule has 1 aliphatic heterocycles. The van der Waals surface area contributed by atoms with E-state index in [9.17, 15) is 0 Å². The second-order valence-electron chi connectivity index (χ2n) is 5.34. The Morgan fingerprint density at radius 3 is 2.58 bits per heavy atom. The van der Waals surface area contributed by atoms with Crippen LogP contribution in [0.15, 0.2) is 24.3 Å². The quantitative estimate of drug-likeness (QED) is 0.769. The number of hydrogen-bond donors (Lipinski definition) is 1. The van der Waals surface area contributed by atoms with Crippen LogP contribution in [0.3, 0.4) is 0 Å². The predicted octanol–water partition coefficient (Wildman–Crippen LogP) is 3.63. The van der Waals surface area contributed by atoms with E-state index in [1.54, 1.807) is 0 Å². The van der Waals surface area contributed by atoms with Gasteiger partial charge in [-0.05, 0) is 78.4 Å². The van der Waals surface area contributed by atoms with Crippen molar-refractivity contribution >= 4 is 22.6 Å². The van der Waals surface area contributed by atoms with Crippen molar-refractivity contribution in [3.63, 3.8) is 0 Å². The zero-order valence-electron chi connectivity index (χ0n) is 11.7. The third-order valence-corrected chi connectivity index (χ3v) is 4.58. The van der Waals surface area contributed by atoms with Crippen LogP contribution < -0.4 is 5.32 Å². The SMILES string of the molecule is CCCNC(Cc1ccc(I)cc1)C1CCOCC1. The van der Waals surface area contributed by atoms with Gasteiger partial charge in [0.25, 0.3) is 0 Å². The van der Waals surface area contributed by atoms with Crippen LogP contribution in [0.4, 0.5) is 0 Å². The first-order chi connectivity index (χ1) is 9.29. The summed E-state index contributed by atoms with van der Waals surface area (Å²) >= 11 is 2.36. The molecule has 2 nitrogen and oxygen atoms in total. The third kappa shape index (κ3) is 5.04. The molecule has 1 saturated heterocycles. The Labute approximate surface area is 130 Å². The van der Waals surface area contributed by atoms with Gasteiger partial charge >= 0.3 is 0 Å². The molecule has 1 atom stereocenters. The molecule has 2 rings (SSSR count). The van der Waals surface area contributed by atoms with Crippen LogP contribution >= 0.6 is 22.6 Å². The van der Waals surface area contributed by atoms with E-state index < -0.39 is 0 Å². The Morgan fingerprint density at radius 1 is 1.26 bits per heavy atom. The molecule has 1 unspecified atom stereocenters. The molecule has 1 aromatic carbocycles. The number of benzene rings is 1. The lowest BCUT2D eigenvalue weighted by Gasteiger charge is -2.31. The minimum absolute atomic E-state index is 0.601.